The molecule has 1 aliphatic rings. The zero-order valence-electron chi connectivity index (χ0n) is 17.0. The number of benzene rings is 1. The van der Waals surface area contributed by atoms with E-state index in [9.17, 15) is 4.79 Å². The fourth-order valence-electron chi connectivity index (χ4n) is 4.07. The maximum atomic E-state index is 11.7. The zero-order valence-corrected chi connectivity index (χ0v) is 17.9. The Bertz CT molecular complexity index is 940. The summed E-state index contributed by atoms with van der Waals surface area (Å²) >= 11 is 1.58. The molecule has 1 unspecified atom stereocenters. The summed E-state index contributed by atoms with van der Waals surface area (Å²) in [5, 5.41) is 9.53. The summed E-state index contributed by atoms with van der Waals surface area (Å²) in [5.74, 6) is 0.163. The molecule has 4 rings (SSSR count). The van der Waals surface area contributed by atoms with Gasteiger partial charge in [0.05, 0.1) is 4.88 Å². The number of amides is 1. The minimum Gasteiger partial charge on any atom is -0.364 e. The number of nitrogens with zero attached hydrogens (tertiary/aromatic N) is 2. The van der Waals surface area contributed by atoms with Crippen molar-refractivity contribution in [2.75, 3.05) is 26.2 Å². The Morgan fingerprint density at radius 1 is 1.20 bits per heavy atom. The number of hydrogen-bond acceptors (Lipinski definition) is 6. The molecule has 3 N–H and O–H groups in total. The first-order valence-corrected chi connectivity index (χ1v) is 11.4. The van der Waals surface area contributed by atoms with Crippen molar-refractivity contribution in [3.05, 3.63) is 64.7 Å². The summed E-state index contributed by atoms with van der Waals surface area (Å²) in [6, 6.07) is 15.0. The second-order valence-corrected chi connectivity index (χ2v) is 8.66. The second-order valence-electron chi connectivity index (χ2n) is 7.71. The van der Waals surface area contributed by atoms with Crippen LogP contribution in [0.25, 0.3) is 10.6 Å². The fourth-order valence-corrected chi connectivity index (χ4v) is 4.80. The van der Waals surface area contributed by atoms with Crippen molar-refractivity contribution in [1.29, 1.82) is 0 Å². The Morgan fingerprint density at radius 3 is 2.83 bits per heavy atom. The van der Waals surface area contributed by atoms with Crippen LogP contribution in [0.1, 0.15) is 46.9 Å². The lowest BCUT2D eigenvalue weighted by molar-refractivity contribution is 0.0991. The molecule has 30 heavy (non-hydrogen) atoms. The molecule has 6 nitrogen and oxygen atoms in total. The Hall–Kier alpha value is -2.48. The molecule has 3 aromatic rings. The third-order valence-electron chi connectivity index (χ3n) is 5.63. The van der Waals surface area contributed by atoms with Gasteiger partial charge in [-0.05, 0) is 42.8 Å². The van der Waals surface area contributed by atoms with Crippen molar-refractivity contribution in [1.82, 2.24) is 15.4 Å². The van der Waals surface area contributed by atoms with Gasteiger partial charge in [0.25, 0.3) is 5.91 Å². The molecule has 158 valence electrons. The number of thiophene rings is 1. The Balaban J connectivity index is 1.27. The van der Waals surface area contributed by atoms with Crippen molar-refractivity contribution >= 4 is 17.2 Å². The molecular weight excluding hydrogens is 396 g/mol. The standard InChI is InChI=1S/C23H28N4O2S/c24-23(28)21-18(22(29-26-21)20-11-7-15-30-20)10-5-2-6-13-27-14-12-25-19(16-27)17-8-3-1-4-9-17/h1,3-4,7-9,11,15,19,25H,2,5-6,10,12-14,16H2,(H2,24,28). The van der Waals surface area contributed by atoms with Gasteiger partial charge in [0.1, 0.15) is 0 Å². The first-order chi connectivity index (χ1) is 14.7. The summed E-state index contributed by atoms with van der Waals surface area (Å²) in [6.45, 7) is 4.24. The highest BCUT2D eigenvalue weighted by molar-refractivity contribution is 7.13. The highest BCUT2D eigenvalue weighted by atomic mass is 32.1. The van der Waals surface area contributed by atoms with Gasteiger partial charge in [-0.15, -0.1) is 11.3 Å². The highest BCUT2D eigenvalue weighted by Gasteiger charge is 2.22. The summed E-state index contributed by atoms with van der Waals surface area (Å²) in [7, 11) is 0. The Labute approximate surface area is 181 Å². The molecule has 1 aromatic carbocycles. The molecule has 1 atom stereocenters. The van der Waals surface area contributed by atoms with Gasteiger partial charge in [0.15, 0.2) is 11.5 Å². The molecule has 3 heterocycles. The minimum atomic E-state index is -0.524. The zero-order chi connectivity index (χ0) is 20.8. The smallest absolute Gasteiger partial charge is 0.271 e. The number of aromatic nitrogens is 1. The monoisotopic (exact) mass is 424 g/mol. The van der Waals surface area contributed by atoms with Gasteiger partial charge in [0.2, 0.25) is 0 Å². The van der Waals surface area contributed by atoms with E-state index in [-0.39, 0.29) is 5.69 Å². The van der Waals surface area contributed by atoms with Crippen LogP contribution in [0.2, 0.25) is 0 Å². The van der Waals surface area contributed by atoms with E-state index in [2.05, 4.69) is 45.7 Å². The molecule has 1 saturated heterocycles. The van der Waals surface area contributed by atoms with E-state index < -0.39 is 5.91 Å². The van der Waals surface area contributed by atoms with E-state index in [1.807, 2.05) is 17.5 Å². The lowest BCUT2D eigenvalue weighted by Gasteiger charge is -2.34. The Kier molecular flexibility index (Phi) is 6.94. The number of nitrogens with two attached hydrogens (primary N) is 1. The number of carbonyl (C=O) groups is 1. The van der Waals surface area contributed by atoms with E-state index in [0.717, 1.165) is 62.3 Å². The summed E-state index contributed by atoms with van der Waals surface area (Å²) < 4.78 is 5.45. The second kappa shape index (κ2) is 10.0. The van der Waals surface area contributed by atoms with Crippen LogP contribution in [0.4, 0.5) is 0 Å². The van der Waals surface area contributed by atoms with E-state index in [0.29, 0.717) is 11.8 Å². The van der Waals surface area contributed by atoms with Gasteiger partial charge in [-0.1, -0.05) is 48.0 Å². The molecule has 2 aromatic heterocycles. The number of carbonyl (C=O) groups excluding carboxylic acids is 1. The summed E-state index contributed by atoms with van der Waals surface area (Å²) in [6.07, 6.45) is 3.96. The topological polar surface area (TPSA) is 84.4 Å². The number of unbranched alkanes of at least 4 members (excludes halogenated alkanes) is 2. The van der Waals surface area contributed by atoms with Crippen LogP contribution >= 0.6 is 11.3 Å². The van der Waals surface area contributed by atoms with Gasteiger partial charge < -0.3 is 20.5 Å². The quantitative estimate of drug-likeness (QED) is 0.510. The average Bonchev–Trinajstić information content (AvgIpc) is 3.44. The van der Waals surface area contributed by atoms with Crippen molar-refractivity contribution in [3.63, 3.8) is 0 Å². The first-order valence-electron chi connectivity index (χ1n) is 10.6. The maximum Gasteiger partial charge on any atom is 0.271 e. The number of piperazine rings is 1. The van der Waals surface area contributed by atoms with Crippen LogP contribution in [-0.4, -0.2) is 42.1 Å². The minimum absolute atomic E-state index is 0.270. The Morgan fingerprint density at radius 2 is 2.07 bits per heavy atom. The largest absolute Gasteiger partial charge is 0.364 e. The van der Waals surface area contributed by atoms with Gasteiger partial charge in [-0.3, -0.25) is 4.79 Å². The number of hydrogen-bond donors (Lipinski definition) is 2. The first kappa shape index (κ1) is 20.8. The van der Waals surface area contributed by atoms with Gasteiger partial charge in [-0.25, -0.2) is 0 Å². The van der Waals surface area contributed by atoms with E-state index in [1.54, 1.807) is 11.3 Å². The molecule has 0 spiro atoms. The van der Waals surface area contributed by atoms with Crippen LogP contribution < -0.4 is 11.1 Å². The predicted molar refractivity (Wildman–Crippen MR) is 120 cm³/mol. The molecule has 1 fully saturated rings. The molecule has 0 bridgehead atoms. The summed E-state index contributed by atoms with van der Waals surface area (Å²) in [4.78, 5) is 15.3. The van der Waals surface area contributed by atoms with Gasteiger partial charge in [-0.2, -0.15) is 0 Å². The van der Waals surface area contributed by atoms with Crippen LogP contribution in [-0.2, 0) is 6.42 Å². The molecule has 0 saturated carbocycles. The molecule has 1 aliphatic heterocycles. The molecule has 0 aliphatic carbocycles. The summed E-state index contributed by atoms with van der Waals surface area (Å²) in [5.41, 5.74) is 7.97. The molecule has 1 amide bonds. The predicted octanol–water partition coefficient (Wildman–Crippen LogP) is 3.86. The van der Waals surface area contributed by atoms with Crippen molar-refractivity contribution in [2.24, 2.45) is 5.73 Å². The fraction of sp³-hybridized carbons (Fsp3) is 0.391. The average molecular weight is 425 g/mol. The van der Waals surface area contributed by atoms with Gasteiger partial charge in [0, 0.05) is 31.2 Å². The van der Waals surface area contributed by atoms with E-state index in [1.165, 1.54) is 5.56 Å². The third-order valence-corrected chi connectivity index (χ3v) is 6.50. The molecular formula is C23H28N4O2S. The van der Waals surface area contributed by atoms with Gasteiger partial charge >= 0.3 is 0 Å². The van der Waals surface area contributed by atoms with Crippen molar-refractivity contribution < 1.29 is 9.32 Å². The SMILES string of the molecule is NC(=O)c1noc(-c2cccs2)c1CCCCCN1CCNC(c2ccccc2)C1. The lowest BCUT2D eigenvalue weighted by Crippen LogP contribution is -2.45. The van der Waals surface area contributed by atoms with Crippen molar-refractivity contribution in [2.45, 2.75) is 31.7 Å². The van der Waals surface area contributed by atoms with Crippen LogP contribution in [0.3, 0.4) is 0 Å². The maximum absolute atomic E-state index is 11.7. The third kappa shape index (κ3) is 4.98. The number of rotatable bonds is 9. The normalized spacial score (nSPS) is 17.3. The number of nitrogens with one attached hydrogen (secondary N) is 1. The van der Waals surface area contributed by atoms with Crippen LogP contribution in [0, 0.1) is 0 Å². The van der Waals surface area contributed by atoms with Crippen LogP contribution in [0.5, 0.6) is 0 Å². The lowest BCUT2D eigenvalue weighted by atomic mass is 10.0. The number of primary amides is 1. The molecule has 7 heteroatoms. The molecule has 0 radical (unpaired) electrons. The van der Waals surface area contributed by atoms with E-state index >= 15 is 0 Å². The van der Waals surface area contributed by atoms with Crippen LogP contribution in [0.15, 0.2) is 52.4 Å². The van der Waals surface area contributed by atoms with Crippen molar-refractivity contribution in [3.8, 4) is 10.6 Å². The highest BCUT2D eigenvalue weighted by Crippen LogP contribution is 2.31. The van der Waals surface area contributed by atoms with E-state index in [4.69, 9.17) is 10.3 Å².